The van der Waals surface area contributed by atoms with Gasteiger partial charge in [-0.25, -0.2) is 4.98 Å². The molecule has 3 heterocycles. The summed E-state index contributed by atoms with van der Waals surface area (Å²) in [6.07, 6.45) is 6.84. The number of aromatic amines is 1. The Morgan fingerprint density at radius 1 is 1.36 bits per heavy atom. The van der Waals surface area contributed by atoms with Gasteiger partial charge in [-0.3, -0.25) is 4.79 Å². The lowest BCUT2D eigenvalue weighted by Crippen LogP contribution is -2.35. The Kier molecular flexibility index (Phi) is 3.83. The molecular weight excluding hydrogens is 300 g/mol. The van der Waals surface area contributed by atoms with Crippen LogP contribution in [0.2, 0.25) is 0 Å². The normalized spacial score (nSPS) is 18.0. The molecule has 0 aromatic carbocycles. The molecule has 0 bridgehead atoms. The van der Waals surface area contributed by atoms with Crippen molar-refractivity contribution < 1.29 is 4.79 Å². The molecule has 5 nitrogen and oxygen atoms in total. The number of anilines is 1. The number of nitrogens with zero attached hydrogens (tertiary/aromatic N) is 2. The quantitative estimate of drug-likeness (QED) is 0.893. The van der Waals surface area contributed by atoms with Gasteiger partial charge in [0.25, 0.3) is 0 Å². The molecule has 1 aliphatic heterocycles. The minimum absolute atomic E-state index is 0. The molecule has 4 rings (SSSR count). The van der Waals surface area contributed by atoms with E-state index < -0.39 is 0 Å². The number of amides is 1. The summed E-state index contributed by atoms with van der Waals surface area (Å²) in [7, 11) is 0. The van der Waals surface area contributed by atoms with Crippen LogP contribution in [0.15, 0.2) is 24.4 Å². The number of nitrogens with one attached hydrogen (secondary N) is 1. The summed E-state index contributed by atoms with van der Waals surface area (Å²) in [5.74, 6) is 0.636. The predicted molar refractivity (Wildman–Crippen MR) is 89.7 cm³/mol. The number of hydrogen-bond donors (Lipinski definition) is 2. The number of halogens is 1. The predicted octanol–water partition coefficient (Wildman–Crippen LogP) is 2.59. The first kappa shape index (κ1) is 14.9. The maximum absolute atomic E-state index is 12.0. The van der Waals surface area contributed by atoms with Gasteiger partial charge in [-0.1, -0.05) is 6.08 Å². The van der Waals surface area contributed by atoms with Gasteiger partial charge in [-0.15, -0.1) is 12.4 Å². The van der Waals surface area contributed by atoms with Gasteiger partial charge in [-0.2, -0.15) is 0 Å². The van der Waals surface area contributed by atoms with Gasteiger partial charge in [0, 0.05) is 30.1 Å². The molecule has 0 atom stereocenters. The summed E-state index contributed by atoms with van der Waals surface area (Å²) in [5.41, 5.74) is 9.63. The van der Waals surface area contributed by atoms with Crippen molar-refractivity contribution in [3.8, 4) is 0 Å². The third-order valence-corrected chi connectivity index (χ3v) is 4.28. The molecule has 116 valence electrons. The highest BCUT2D eigenvalue weighted by Gasteiger charge is 2.33. The second-order valence-electron chi connectivity index (χ2n) is 5.93. The van der Waals surface area contributed by atoms with E-state index in [0.717, 1.165) is 49.1 Å². The first-order chi connectivity index (χ1) is 10.2. The number of carbonyl (C=O) groups is 1. The number of hydrogen-bond acceptors (Lipinski definition) is 3. The molecule has 2 aromatic heterocycles. The smallest absolute Gasteiger partial charge is 0.225 e. The van der Waals surface area contributed by atoms with Gasteiger partial charge in [-0.05, 0) is 37.0 Å². The molecule has 2 aromatic rings. The number of rotatable bonds is 2. The van der Waals surface area contributed by atoms with E-state index in [0.29, 0.717) is 17.5 Å². The lowest BCUT2D eigenvalue weighted by Gasteiger charge is -2.26. The monoisotopic (exact) mass is 318 g/mol. The zero-order chi connectivity index (χ0) is 14.4. The van der Waals surface area contributed by atoms with Gasteiger partial charge in [0.1, 0.15) is 5.65 Å². The lowest BCUT2D eigenvalue weighted by atomic mass is 10.0. The molecule has 1 amide bonds. The largest absolute Gasteiger partial charge is 0.397 e. The summed E-state index contributed by atoms with van der Waals surface area (Å²) in [6.45, 7) is 1.53. The van der Waals surface area contributed by atoms with Crippen LogP contribution < -0.4 is 5.73 Å². The number of nitrogens with two attached hydrogens (primary N) is 1. The van der Waals surface area contributed by atoms with E-state index in [1.54, 1.807) is 6.20 Å². The Labute approximate surface area is 135 Å². The molecule has 1 fully saturated rings. The van der Waals surface area contributed by atoms with Gasteiger partial charge in [0.2, 0.25) is 5.91 Å². The van der Waals surface area contributed by atoms with Gasteiger partial charge in [0.15, 0.2) is 0 Å². The fraction of sp³-hybridized carbons (Fsp3) is 0.375. The molecule has 22 heavy (non-hydrogen) atoms. The van der Waals surface area contributed by atoms with Crippen molar-refractivity contribution in [1.29, 1.82) is 0 Å². The van der Waals surface area contributed by atoms with E-state index in [4.69, 9.17) is 5.73 Å². The number of H-pyrrole nitrogens is 1. The molecule has 0 unspecified atom stereocenters. The van der Waals surface area contributed by atoms with E-state index in [2.05, 4.69) is 22.1 Å². The van der Waals surface area contributed by atoms with Crippen LogP contribution >= 0.6 is 12.4 Å². The van der Waals surface area contributed by atoms with Crippen molar-refractivity contribution >= 4 is 40.6 Å². The molecule has 2 aliphatic rings. The topological polar surface area (TPSA) is 75.0 Å². The second-order valence-corrected chi connectivity index (χ2v) is 5.93. The van der Waals surface area contributed by atoms with Crippen LogP contribution in [0.25, 0.3) is 16.6 Å². The summed E-state index contributed by atoms with van der Waals surface area (Å²) >= 11 is 0. The van der Waals surface area contributed by atoms with E-state index in [1.807, 2.05) is 11.0 Å². The molecule has 3 N–H and O–H groups in total. The van der Waals surface area contributed by atoms with Crippen LogP contribution in [0.5, 0.6) is 0 Å². The minimum atomic E-state index is 0. The Hall–Kier alpha value is -2.01. The highest BCUT2D eigenvalue weighted by molar-refractivity contribution is 5.86. The average molecular weight is 319 g/mol. The summed E-state index contributed by atoms with van der Waals surface area (Å²) in [4.78, 5) is 21.7. The van der Waals surface area contributed by atoms with Crippen molar-refractivity contribution in [2.24, 2.45) is 5.92 Å². The van der Waals surface area contributed by atoms with Crippen molar-refractivity contribution in [2.45, 2.75) is 19.3 Å². The van der Waals surface area contributed by atoms with E-state index in [-0.39, 0.29) is 12.4 Å². The summed E-state index contributed by atoms with van der Waals surface area (Å²) in [5, 5.41) is 1.03. The molecule has 0 saturated heterocycles. The summed E-state index contributed by atoms with van der Waals surface area (Å²) < 4.78 is 0. The molecule has 6 heteroatoms. The summed E-state index contributed by atoms with van der Waals surface area (Å²) in [6, 6.07) is 4.01. The molecule has 1 saturated carbocycles. The standard InChI is InChI=1S/C16H18N4O.ClH/c17-13-7-12-8-14(19-15(12)18-9-13)10-3-5-20(6-4-10)16(21)11-1-2-11;/h3,7-9,11H,1-2,4-6,17H2,(H,18,19);1H. The molecule has 1 aliphatic carbocycles. The first-order valence-electron chi connectivity index (χ1n) is 7.43. The van der Waals surface area contributed by atoms with E-state index in [1.165, 1.54) is 5.57 Å². The number of nitrogen functional groups attached to an aromatic ring is 1. The van der Waals surface area contributed by atoms with Crippen molar-refractivity contribution in [2.75, 3.05) is 18.8 Å². The lowest BCUT2D eigenvalue weighted by molar-refractivity contribution is -0.132. The van der Waals surface area contributed by atoms with E-state index >= 15 is 0 Å². The zero-order valence-corrected chi connectivity index (χ0v) is 13.0. The molecule has 0 spiro atoms. The second kappa shape index (κ2) is 5.65. The zero-order valence-electron chi connectivity index (χ0n) is 12.2. The first-order valence-corrected chi connectivity index (χ1v) is 7.43. The Bertz CT molecular complexity index is 748. The van der Waals surface area contributed by atoms with Gasteiger partial charge < -0.3 is 15.6 Å². The maximum Gasteiger partial charge on any atom is 0.225 e. The maximum atomic E-state index is 12.0. The van der Waals surface area contributed by atoms with Crippen LogP contribution in [0, 0.1) is 5.92 Å². The number of aromatic nitrogens is 2. The number of pyridine rings is 1. The van der Waals surface area contributed by atoms with Crippen molar-refractivity contribution in [1.82, 2.24) is 14.9 Å². The Morgan fingerprint density at radius 3 is 2.86 bits per heavy atom. The van der Waals surface area contributed by atoms with Gasteiger partial charge >= 0.3 is 0 Å². The Balaban J connectivity index is 0.00000144. The third kappa shape index (κ3) is 2.68. The average Bonchev–Trinajstić information content (AvgIpc) is 3.26. The highest BCUT2D eigenvalue weighted by atomic mass is 35.5. The fourth-order valence-corrected chi connectivity index (χ4v) is 2.91. The molecule has 0 radical (unpaired) electrons. The number of fused-ring (bicyclic) bond motifs is 1. The van der Waals surface area contributed by atoms with Crippen molar-refractivity contribution in [3.63, 3.8) is 0 Å². The van der Waals surface area contributed by atoms with Crippen molar-refractivity contribution in [3.05, 3.63) is 30.1 Å². The molecular formula is C16H19ClN4O. The highest BCUT2D eigenvalue weighted by Crippen LogP contribution is 2.33. The third-order valence-electron chi connectivity index (χ3n) is 4.28. The van der Waals surface area contributed by atoms with Crippen LogP contribution in [0.4, 0.5) is 5.69 Å². The minimum Gasteiger partial charge on any atom is -0.397 e. The van der Waals surface area contributed by atoms with Crippen LogP contribution in [0.3, 0.4) is 0 Å². The fourth-order valence-electron chi connectivity index (χ4n) is 2.91. The SMILES string of the molecule is Cl.Nc1cnc2[nH]c(C3=CCN(C(=O)C4CC4)CC3)cc2c1. The van der Waals surface area contributed by atoms with Gasteiger partial charge in [0.05, 0.1) is 11.9 Å². The van der Waals surface area contributed by atoms with Crippen LogP contribution in [-0.2, 0) is 4.79 Å². The van der Waals surface area contributed by atoms with Crippen LogP contribution in [0.1, 0.15) is 25.0 Å². The van der Waals surface area contributed by atoms with E-state index in [9.17, 15) is 4.79 Å². The van der Waals surface area contributed by atoms with Crippen LogP contribution in [-0.4, -0.2) is 33.9 Å². The number of carbonyl (C=O) groups excluding carboxylic acids is 1. The Morgan fingerprint density at radius 2 is 2.18 bits per heavy atom.